The Morgan fingerprint density at radius 3 is 2.63 bits per heavy atom. The summed E-state index contributed by atoms with van der Waals surface area (Å²) < 4.78 is 19.2. The van der Waals surface area contributed by atoms with Crippen LogP contribution < -0.4 is 16.0 Å². The van der Waals surface area contributed by atoms with Gasteiger partial charge in [0.1, 0.15) is 17.4 Å². The van der Waals surface area contributed by atoms with Crippen LogP contribution in [-0.4, -0.2) is 22.6 Å². The Morgan fingerprint density at radius 2 is 1.87 bits per heavy atom. The van der Waals surface area contributed by atoms with Crippen LogP contribution in [0.2, 0.25) is 5.02 Å². The predicted octanol–water partition coefficient (Wildman–Crippen LogP) is 6.16. The van der Waals surface area contributed by atoms with E-state index in [2.05, 4.69) is 20.9 Å². The van der Waals surface area contributed by atoms with Gasteiger partial charge in [-0.15, -0.1) is 0 Å². The molecule has 2 heterocycles. The number of halogens is 2. The van der Waals surface area contributed by atoms with Gasteiger partial charge in [0.2, 0.25) is 5.96 Å². The summed E-state index contributed by atoms with van der Waals surface area (Å²) in [6, 6.07) is 15.7. The lowest BCUT2D eigenvalue weighted by molar-refractivity contribution is -0.113. The lowest BCUT2D eigenvalue weighted by atomic mass is 9.95. The lowest BCUT2D eigenvalue weighted by Crippen LogP contribution is -2.37. The van der Waals surface area contributed by atoms with Crippen LogP contribution in [0.3, 0.4) is 0 Å². The minimum absolute atomic E-state index is 0.104. The van der Waals surface area contributed by atoms with E-state index in [0.717, 1.165) is 5.56 Å². The number of hydrogen-bond donors (Lipinski definition) is 3. The van der Waals surface area contributed by atoms with Crippen molar-refractivity contribution in [3.63, 3.8) is 0 Å². The smallest absolute Gasteiger partial charge is 0.302 e. The molecule has 192 valence electrons. The zero-order valence-corrected chi connectivity index (χ0v) is 21.5. The van der Waals surface area contributed by atoms with E-state index >= 15 is 0 Å². The molecular weight excluding hydrogens is 509 g/mol. The molecule has 0 saturated carbocycles. The first-order chi connectivity index (χ1) is 18.2. The topological polar surface area (TPSA) is 109 Å². The van der Waals surface area contributed by atoms with E-state index in [-0.39, 0.29) is 23.3 Å². The van der Waals surface area contributed by atoms with Crippen LogP contribution in [0.1, 0.15) is 41.4 Å². The van der Waals surface area contributed by atoms with Crippen molar-refractivity contribution in [1.29, 1.82) is 0 Å². The number of aliphatic imine (C=N–C) groups is 1. The van der Waals surface area contributed by atoms with Crippen molar-refractivity contribution in [1.82, 2.24) is 10.3 Å². The third kappa shape index (κ3) is 5.01. The second kappa shape index (κ2) is 10.1. The molecule has 1 aliphatic heterocycles. The Balaban J connectivity index is 1.50. The van der Waals surface area contributed by atoms with Gasteiger partial charge < -0.3 is 15.1 Å². The summed E-state index contributed by atoms with van der Waals surface area (Å²) in [5.41, 5.74) is 4.05. The first-order valence-corrected chi connectivity index (χ1v) is 12.1. The van der Waals surface area contributed by atoms with Crippen molar-refractivity contribution < 1.29 is 18.4 Å². The largest absolute Gasteiger partial charge is 0.423 e. The number of benzene rings is 3. The second-order valence-electron chi connectivity index (χ2n) is 8.86. The summed E-state index contributed by atoms with van der Waals surface area (Å²) in [5.74, 6) is -0.674. The molecule has 1 unspecified atom stereocenters. The number of aryl methyl sites for hydroxylation is 1. The average molecular weight is 532 g/mol. The maximum atomic E-state index is 13.6. The van der Waals surface area contributed by atoms with Crippen molar-refractivity contribution in [2.75, 3.05) is 10.6 Å². The number of guanidine groups is 1. The minimum Gasteiger partial charge on any atom is -0.423 e. The number of aromatic nitrogens is 1. The fourth-order valence-corrected chi connectivity index (χ4v) is 4.41. The van der Waals surface area contributed by atoms with Gasteiger partial charge in [0.15, 0.2) is 11.4 Å². The van der Waals surface area contributed by atoms with Gasteiger partial charge in [-0.1, -0.05) is 41.9 Å². The van der Waals surface area contributed by atoms with E-state index in [9.17, 15) is 14.0 Å². The zero-order chi connectivity index (χ0) is 27.0. The number of amides is 1. The number of oxazole rings is 1. The molecule has 1 atom stereocenters. The van der Waals surface area contributed by atoms with Gasteiger partial charge in [-0.2, -0.15) is 4.98 Å². The molecule has 8 nitrogen and oxygen atoms in total. The quantitative estimate of drug-likeness (QED) is 0.266. The molecule has 0 spiro atoms. The highest BCUT2D eigenvalue weighted by Crippen LogP contribution is 2.36. The number of anilines is 2. The van der Waals surface area contributed by atoms with E-state index in [1.165, 1.54) is 25.1 Å². The number of fused-ring (bicyclic) bond motifs is 1. The van der Waals surface area contributed by atoms with E-state index in [0.29, 0.717) is 38.6 Å². The third-order valence-electron chi connectivity index (χ3n) is 6.15. The number of Topliss-reactive ketones (excluding diaryl/α,β-unsaturated/α-hetero) is 1. The van der Waals surface area contributed by atoms with E-state index in [1.54, 1.807) is 43.3 Å². The zero-order valence-electron chi connectivity index (χ0n) is 20.7. The van der Waals surface area contributed by atoms with Crippen molar-refractivity contribution in [3.8, 4) is 0 Å². The first kappa shape index (κ1) is 25.2. The first-order valence-electron chi connectivity index (χ1n) is 11.8. The molecule has 3 aromatic carbocycles. The Hall–Kier alpha value is -4.50. The van der Waals surface area contributed by atoms with Gasteiger partial charge in [-0.05, 0) is 50.6 Å². The normalized spacial score (nSPS) is 15.2. The van der Waals surface area contributed by atoms with Crippen LogP contribution in [0, 0.1) is 12.7 Å². The van der Waals surface area contributed by atoms with Crippen LogP contribution in [-0.2, 0) is 4.79 Å². The fraction of sp³-hybridized carbons (Fsp3) is 0.143. The molecule has 1 amide bonds. The van der Waals surface area contributed by atoms with Gasteiger partial charge in [0, 0.05) is 33.6 Å². The Labute approximate surface area is 222 Å². The van der Waals surface area contributed by atoms with Crippen LogP contribution in [0.25, 0.3) is 11.1 Å². The molecule has 1 aromatic heterocycles. The van der Waals surface area contributed by atoms with E-state index < -0.39 is 17.8 Å². The summed E-state index contributed by atoms with van der Waals surface area (Å²) in [4.78, 5) is 34.5. The number of hydrogen-bond acceptors (Lipinski definition) is 7. The van der Waals surface area contributed by atoms with Crippen molar-refractivity contribution in [3.05, 3.63) is 99.5 Å². The summed E-state index contributed by atoms with van der Waals surface area (Å²) in [6.07, 6.45) is 0. The summed E-state index contributed by atoms with van der Waals surface area (Å²) >= 11 is 6.52. The van der Waals surface area contributed by atoms with E-state index in [4.69, 9.17) is 21.0 Å². The van der Waals surface area contributed by atoms with Gasteiger partial charge >= 0.3 is 6.01 Å². The number of rotatable bonds is 5. The van der Waals surface area contributed by atoms with Gasteiger partial charge in [-0.3, -0.25) is 14.9 Å². The molecule has 0 fully saturated rings. The summed E-state index contributed by atoms with van der Waals surface area (Å²) in [7, 11) is 0. The standard InChI is InChI=1S/C28H23ClFN5O3/c1-14-8-9-17(16(3)36)12-22(14)32-26(37)24-15(2)31-27(34-25(24)19-6-4-5-7-20(19)29)35-28-33-21-11-10-18(30)13-23(21)38-28/h4-13,25H,1-3H3,(H,32,37)(H2,31,33,34,35). The summed E-state index contributed by atoms with van der Waals surface area (Å²) in [6.45, 7) is 5.06. The minimum atomic E-state index is -0.773. The molecule has 0 aliphatic carbocycles. The molecule has 10 heteroatoms. The second-order valence-corrected chi connectivity index (χ2v) is 9.27. The molecule has 5 rings (SSSR count). The number of ketones is 1. The van der Waals surface area contributed by atoms with Crippen LogP contribution >= 0.6 is 11.6 Å². The highest BCUT2D eigenvalue weighted by atomic mass is 35.5. The number of nitrogens with zero attached hydrogens (tertiary/aromatic N) is 2. The summed E-state index contributed by atoms with van der Waals surface area (Å²) in [5, 5.41) is 9.42. The van der Waals surface area contributed by atoms with Crippen molar-refractivity contribution in [2.45, 2.75) is 26.8 Å². The lowest BCUT2D eigenvalue weighted by Gasteiger charge is -2.27. The Kier molecular flexibility index (Phi) is 6.69. The SMILES string of the molecule is CC(=O)c1ccc(C)c(NC(=O)C2=C(C)NC(Nc3nc4ccc(F)cc4o3)=NC2c2ccccc2Cl)c1. The average Bonchev–Trinajstić information content (AvgIpc) is 3.26. The highest BCUT2D eigenvalue weighted by molar-refractivity contribution is 6.31. The molecule has 4 aromatic rings. The van der Waals surface area contributed by atoms with Crippen molar-refractivity contribution in [2.24, 2.45) is 4.99 Å². The van der Waals surface area contributed by atoms with Crippen molar-refractivity contribution >= 4 is 52.1 Å². The third-order valence-corrected chi connectivity index (χ3v) is 6.50. The maximum Gasteiger partial charge on any atom is 0.302 e. The maximum absolute atomic E-state index is 13.6. The molecule has 38 heavy (non-hydrogen) atoms. The fourth-order valence-electron chi connectivity index (χ4n) is 4.17. The number of nitrogens with one attached hydrogen (secondary N) is 3. The molecule has 0 radical (unpaired) electrons. The van der Waals surface area contributed by atoms with Gasteiger partial charge in [-0.25, -0.2) is 9.38 Å². The Morgan fingerprint density at radius 1 is 1.08 bits per heavy atom. The van der Waals surface area contributed by atoms with Crippen LogP contribution in [0.15, 0.2) is 81.3 Å². The monoisotopic (exact) mass is 531 g/mol. The highest BCUT2D eigenvalue weighted by Gasteiger charge is 2.31. The molecule has 0 saturated heterocycles. The van der Waals surface area contributed by atoms with Crippen LogP contribution in [0.5, 0.6) is 0 Å². The van der Waals surface area contributed by atoms with E-state index in [1.807, 2.05) is 13.0 Å². The Bertz CT molecular complexity index is 1660. The predicted molar refractivity (Wildman–Crippen MR) is 145 cm³/mol. The van der Waals surface area contributed by atoms with Crippen LogP contribution in [0.4, 0.5) is 16.1 Å². The van der Waals surface area contributed by atoms with Gasteiger partial charge in [0.25, 0.3) is 5.91 Å². The number of carbonyl (C=O) groups is 2. The number of carbonyl (C=O) groups excluding carboxylic acids is 2. The number of allylic oxidation sites excluding steroid dienone is 1. The molecule has 3 N–H and O–H groups in total. The molecule has 0 bridgehead atoms. The molecular formula is C28H23ClFN5O3. The molecule has 1 aliphatic rings. The van der Waals surface area contributed by atoms with Gasteiger partial charge in [0.05, 0.1) is 5.57 Å².